The van der Waals surface area contributed by atoms with Gasteiger partial charge in [0.2, 0.25) is 21.7 Å². The Kier molecular flexibility index (Phi) is 4.51. The van der Waals surface area contributed by atoms with Crippen molar-refractivity contribution in [2.24, 2.45) is 0 Å². The van der Waals surface area contributed by atoms with E-state index in [9.17, 15) is 12.8 Å². The van der Waals surface area contributed by atoms with Crippen LogP contribution in [0.1, 0.15) is 5.89 Å². The van der Waals surface area contributed by atoms with Crippen LogP contribution < -0.4 is 4.72 Å². The van der Waals surface area contributed by atoms with Gasteiger partial charge in [0.1, 0.15) is 5.82 Å². The van der Waals surface area contributed by atoms with Gasteiger partial charge in [-0.3, -0.25) is 0 Å². The number of nitrogens with zero attached hydrogens (tertiary/aromatic N) is 2. The van der Waals surface area contributed by atoms with Gasteiger partial charge in [-0.25, -0.2) is 17.5 Å². The van der Waals surface area contributed by atoms with Crippen molar-refractivity contribution in [3.63, 3.8) is 0 Å². The Labute approximate surface area is 136 Å². The SMILES string of the molecule is O=S(=O)(NCCc1nc(-c2cccs2)no1)c1ccc(F)cc1. The molecule has 0 radical (unpaired) electrons. The molecule has 0 saturated carbocycles. The van der Waals surface area contributed by atoms with E-state index in [0.29, 0.717) is 11.7 Å². The van der Waals surface area contributed by atoms with Crippen LogP contribution in [-0.4, -0.2) is 25.1 Å². The van der Waals surface area contributed by atoms with Gasteiger partial charge in [0, 0.05) is 13.0 Å². The molecule has 0 spiro atoms. The number of benzene rings is 1. The van der Waals surface area contributed by atoms with E-state index in [4.69, 9.17) is 4.52 Å². The first-order valence-electron chi connectivity index (χ1n) is 6.66. The van der Waals surface area contributed by atoms with Crippen LogP contribution in [0.3, 0.4) is 0 Å². The molecule has 0 aliphatic carbocycles. The lowest BCUT2D eigenvalue weighted by Gasteiger charge is -2.05. The van der Waals surface area contributed by atoms with Crippen LogP contribution in [0.4, 0.5) is 4.39 Å². The summed E-state index contributed by atoms with van der Waals surface area (Å²) in [7, 11) is -3.69. The fourth-order valence-electron chi connectivity index (χ4n) is 1.85. The van der Waals surface area contributed by atoms with Crippen molar-refractivity contribution < 1.29 is 17.3 Å². The largest absolute Gasteiger partial charge is 0.339 e. The summed E-state index contributed by atoms with van der Waals surface area (Å²) in [5.41, 5.74) is 0. The van der Waals surface area contributed by atoms with Crippen molar-refractivity contribution in [1.82, 2.24) is 14.9 Å². The molecule has 0 aliphatic rings. The summed E-state index contributed by atoms with van der Waals surface area (Å²) in [6, 6.07) is 8.36. The molecule has 2 heterocycles. The van der Waals surface area contributed by atoms with Crippen molar-refractivity contribution in [3.05, 3.63) is 53.5 Å². The number of hydrogen-bond acceptors (Lipinski definition) is 6. The second kappa shape index (κ2) is 6.57. The standard InChI is InChI=1S/C14H12FN3O3S2/c15-10-3-5-11(6-4-10)23(19,20)16-8-7-13-17-14(18-21-13)12-2-1-9-22-12/h1-6,9,16H,7-8H2. The Hall–Kier alpha value is -2.10. The average molecular weight is 353 g/mol. The van der Waals surface area contributed by atoms with Gasteiger partial charge >= 0.3 is 0 Å². The van der Waals surface area contributed by atoms with Gasteiger partial charge in [-0.2, -0.15) is 4.98 Å². The molecule has 9 heteroatoms. The third-order valence-electron chi connectivity index (χ3n) is 2.96. The van der Waals surface area contributed by atoms with Crippen LogP contribution in [0.5, 0.6) is 0 Å². The Morgan fingerprint density at radius 1 is 1.22 bits per heavy atom. The van der Waals surface area contributed by atoms with Crippen molar-refractivity contribution in [2.45, 2.75) is 11.3 Å². The molecule has 0 unspecified atom stereocenters. The maximum absolute atomic E-state index is 12.8. The quantitative estimate of drug-likeness (QED) is 0.736. The van der Waals surface area contributed by atoms with Gasteiger partial charge in [0.25, 0.3) is 0 Å². The van der Waals surface area contributed by atoms with Crippen LogP contribution in [0.15, 0.2) is 51.2 Å². The highest BCUT2D eigenvalue weighted by Crippen LogP contribution is 2.21. The van der Waals surface area contributed by atoms with Crippen LogP contribution in [0.2, 0.25) is 0 Å². The first kappa shape index (κ1) is 15.8. The van der Waals surface area contributed by atoms with Crippen molar-refractivity contribution in [2.75, 3.05) is 6.54 Å². The average Bonchev–Trinajstić information content (AvgIpc) is 3.18. The van der Waals surface area contributed by atoms with Crippen LogP contribution in [0, 0.1) is 5.82 Å². The first-order chi connectivity index (χ1) is 11.0. The molecular weight excluding hydrogens is 341 g/mol. The number of hydrogen-bond donors (Lipinski definition) is 1. The van der Waals surface area contributed by atoms with E-state index >= 15 is 0 Å². The normalized spacial score (nSPS) is 11.7. The predicted octanol–water partition coefficient (Wildman–Crippen LogP) is 2.46. The molecule has 0 fully saturated rings. The van der Waals surface area contributed by atoms with Crippen molar-refractivity contribution >= 4 is 21.4 Å². The lowest BCUT2D eigenvalue weighted by atomic mass is 10.4. The smallest absolute Gasteiger partial charge is 0.240 e. The highest BCUT2D eigenvalue weighted by atomic mass is 32.2. The van der Waals surface area contributed by atoms with Crippen LogP contribution >= 0.6 is 11.3 Å². The number of sulfonamides is 1. The molecule has 0 bridgehead atoms. The molecule has 23 heavy (non-hydrogen) atoms. The number of nitrogens with one attached hydrogen (secondary N) is 1. The molecule has 2 aromatic heterocycles. The third-order valence-corrected chi connectivity index (χ3v) is 5.31. The van der Waals surface area contributed by atoms with E-state index in [2.05, 4.69) is 14.9 Å². The van der Waals surface area contributed by atoms with Gasteiger partial charge in [0.05, 0.1) is 9.77 Å². The molecule has 6 nitrogen and oxygen atoms in total. The third kappa shape index (κ3) is 3.81. The zero-order chi connectivity index (χ0) is 16.3. The summed E-state index contributed by atoms with van der Waals surface area (Å²) >= 11 is 1.49. The number of thiophene rings is 1. The van der Waals surface area contributed by atoms with Gasteiger partial charge in [-0.15, -0.1) is 11.3 Å². The Morgan fingerprint density at radius 2 is 2.00 bits per heavy atom. The zero-order valence-electron chi connectivity index (χ0n) is 11.8. The summed E-state index contributed by atoms with van der Waals surface area (Å²) < 4.78 is 44.4. The fraction of sp³-hybridized carbons (Fsp3) is 0.143. The molecule has 3 rings (SSSR count). The first-order valence-corrected chi connectivity index (χ1v) is 9.02. The Balaban J connectivity index is 1.60. The summed E-state index contributed by atoms with van der Waals surface area (Å²) in [5, 5.41) is 5.75. The van der Waals surface area contributed by atoms with Gasteiger partial charge in [-0.05, 0) is 35.7 Å². The Morgan fingerprint density at radius 3 is 2.70 bits per heavy atom. The lowest BCUT2D eigenvalue weighted by Crippen LogP contribution is -2.26. The molecular formula is C14H12FN3O3S2. The minimum absolute atomic E-state index is 0.00343. The molecule has 0 saturated heterocycles. The van der Waals surface area contributed by atoms with E-state index in [-0.39, 0.29) is 17.9 Å². The summed E-state index contributed by atoms with van der Waals surface area (Å²) in [5.74, 6) is 0.336. The van der Waals surface area contributed by atoms with E-state index in [1.807, 2.05) is 17.5 Å². The van der Waals surface area contributed by atoms with E-state index in [1.54, 1.807) is 0 Å². The maximum Gasteiger partial charge on any atom is 0.240 e. The fourth-order valence-corrected chi connectivity index (χ4v) is 3.53. The molecule has 1 aromatic carbocycles. The molecule has 120 valence electrons. The van der Waals surface area contributed by atoms with Gasteiger partial charge in [-0.1, -0.05) is 11.2 Å². The minimum atomic E-state index is -3.69. The highest BCUT2D eigenvalue weighted by Gasteiger charge is 2.15. The van der Waals surface area contributed by atoms with Gasteiger partial charge < -0.3 is 4.52 Å². The van der Waals surface area contributed by atoms with E-state index in [0.717, 1.165) is 17.0 Å². The van der Waals surface area contributed by atoms with Crippen molar-refractivity contribution in [1.29, 1.82) is 0 Å². The summed E-state index contributed by atoms with van der Waals surface area (Å²) in [4.78, 5) is 5.09. The second-order valence-corrected chi connectivity index (χ2v) is 7.31. The van der Waals surface area contributed by atoms with Crippen LogP contribution in [0.25, 0.3) is 10.7 Å². The zero-order valence-corrected chi connectivity index (χ0v) is 13.4. The number of rotatable bonds is 6. The summed E-state index contributed by atoms with van der Waals surface area (Å²) in [6.07, 6.45) is 0.263. The highest BCUT2D eigenvalue weighted by molar-refractivity contribution is 7.89. The molecule has 0 amide bonds. The minimum Gasteiger partial charge on any atom is -0.339 e. The molecule has 0 aliphatic heterocycles. The van der Waals surface area contributed by atoms with E-state index in [1.165, 1.54) is 23.5 Å². The number of aromatic nitrogens is 2. The predicted molar refractivity (Wildman–Crippen MR) is 82.9 cm³/mol. The topological polar surface area (TPSA) is 85.1 Å². The lowest BCUT2D eigenvalue weighted by molar-refractivity contribution is 0.379. The number of halogens is 1. The monoisotopic (exact) mass is 353 g/mol. The Bertz CT molecular complexity index is 874. The summed E-state index contributed by atoms with van der Waals surface area (Å²) in [6.45, 7) is 0.103. The van der Waals surface area contributed by atoms with Crippen LogP contribution in [-0.2, 0) is 16.4 Å². The second-order valence-electron chi connectivity index (χ2n) is 4.59. The van der Waals surface area contributed by atoms with Crippen molar-refractivity contribution in [3.8, 4) is 10.7 Å². The van der Waals surface area contributed by atoms with Gasteiger partial charge in [0.15, 0.2) is 0 Å². The molecule has 1 N–H and O–H groups in total. The van der Waals surface area contributed by atoms with E-state index < -0.39 is 15.8 Å². The molecule has 0 atom stereocenters. The maximum atomic E-state index is 12.8. The molecule has 3 aromatic rings.